The van der Waals surface area contributed by atoms with E-state index in [2.05, 4.69) is 104 Å². The lowest BCUT2D eigenvalue weighted by molar-refractivity contribution is -0.123. The molecule has 0 spiro atoms. The lowest BCUT2D eigenvalue weighted by Gasteiger charge is -2.20. The lowest BCUT2D eigenvalue weighted by Crippen LogP contribution is -2.45. The van der Waals surface area contributed by atoms with Crippen LogP contribution in [0.2, 0.25) is 0 Å². The van der Waals surface area contributed by atoms with Crippen molar-refractivity contribution >= 4 is 5.91 Å². The zero-order valence-corrected chi connectivity index (χ0v) is 47.2. The highest BCUT2D eigenvalue weighted by atomic mass is 16.3. The van der Waals surface area contributed by atoms with Gasteiger partial charge in [0.1, 0.15) is 0 Å². The maximum absolute atomic E-state index is 12.5. The van der Waals surface area contributed by atoms with E-state index in [1.54, 1.807) is 6.08 Å². The van der Waals surface area contributed by atoms with Crippen LogP contribution in [0.15, 0.2) is 97.2 Å². The highest BCUT2D eigenvalue weighted by molar-refractivity contribution is 5.76. The second-order valence-corrected chi connectivity index (χ2v) is 20.7. The molecule has 0 saturated carbocycles. The van der Waals surface area contributed by atoms with Crippen molar-refractivity contribution in [2.24, 2.45) is 0 Å². The SMILES string of the molecule is CC/C=C\C/C=C\C/C=C\C/C=C\C/C=C\C/C=C\C/C=C\CCCCCCCCCCCCCCCCCC(=O)NC(CO)C(O)/C=C/CCCCCCCCCCCCCCCCCCCCCC. The van der Waals surface area contributed by atoms with Gasteiger partial charge >= 0.3 is 0 Å². The van der Waals surface area contributed by atoms with Crippen LogP contribution in [0.3, 0.4) is 0 Å². The molecule has 0 aromatic rings. The van der Waals surface area contributed by atoms with Crippen LogP contribution in [0, 0.1) is 0 Å². The molecule has 0 saturated heterocycles. The van der Waals surface area contributed by atoms with Gasteiger partial charge in [0.2, 0.25) is 5.91 Å². The van der Waals surface area contributed by atoms with Gasteiger partial charge in [-0.1, -0.05) is 317 Å². The van der Waals surface area contributed by atoms with E-state index in [0.717, 1.165) is 70.6 Å². The first kappa shape index (κ1) is 68.3. The molecule has 2 unspecified atom stereocenters. The van der Waals surface area contributed by atoms with Crippen molar-refractivity contribution in [2.45, 2.75) is 315 Å². The number of carbonyl (C=O) groups excluding carboxylic acids is 1. The van der Waals surface area contributed by atoms with Gasteiger partial charge in [0, 0.05) is 6.42 Å². The number of aliphatic hydroxyl groups excluding tert-OH is 2. The van der Waals surface area contributed by atoms with Gasteiger partial charge in [-0.2, -0.15) is 0 Å². The molecule has 0 aromatic heterocycles. The minimum Gasteiger partial charge on any atom is -0.394 e. The Morgan fingerprint density at radius 3 is 0.930 bits per heavy atom. The number of amides is 1. The van der Waals surface area contributed by atoms with Crippen LogP contribution < -0.4 is 5.32 Å². The topological polar surface area (TPSA) is 69.6 Å². The molecule has 71 heavy (non-hydrogen) atoms. The molecule has 0 heterocycles. The quantitative estimate of drug-likeness (QED) is 0.0420. The average molecular weight is 987 g/mol. The third-order valence-corrected chi connectivity index (χ3v) is 13.8. The van der Waals surface area contributed by atoms with Gasteiger partial charge < -0.3 is 15.5 Å². The molecule has 0 aliphatic heterocycles. The fourth-order valence-electron chi connectivity index (χ4n) is 9.16. The fraction of sp³-hybridized carbons (Fsp3) is 0.746. The first-order chi connectivity index (χ1) is 35.2. The van der Waals surface area contributed by atoms with Crippen LogP contribution in [-0.4, -0.2) is 34.9 Å². The van der Waals surface area contributed by atoms with E-state index < -0.39 is 12.1 Å². The van der Waals surface area contributed by atoms with Crippen LogP contribution in [0.4, 0.5) is 0 Å². The Morgan fingerprint density at radius 1 is 0.352 bits per heavy atom. The second kappa shape index (κ2) is 61.6. The van der Waals surface area contributed by atoms with E-state index in [1.807, 2.05) is 6.08 Å². The zero-order valence-electron chi connectivity index (χ0n) is 47.2. The average Bonchev–Trinajstić information content (AvgIpc) is 3.37. The Bertz CT molecular complexity index is 1300. The standard InChI is InChI=1S/C67H119NO3/c1-3-5-7-9-11-13-15-17-19-21-23-25-27-28-29-30-31-32-33-34-35-36-37-38-39-40-41-43-45-47-49-51-53-55-57-59-61-63-67(71)68-65(64-69)66(70)62-60-58-56-54-52-50-48-46-44-42-26-24-22-20-18-16-14-12-10-8-6-4-2/h5,7,11,13,17,19,23,25,28-29,31-32,34-35,60,62,65-66,69-70H,3-4,6,8-10,12,14-16,18,20-22,24,26-27,30,33,36-59,61,63-64H2,1-2H3,(H,68,71)/b7-5-,13-11-,19-17-,25-23-,29-28-,32-31-,35-34-,62-60+. The molecule has 0 bridgehead atoms. The van der Waals surface area contributed by atoms with Crippen LogP contribution in [0.25, 0.3) is 0 Å². The minimum atomic E-state index is -0.844. The van der Waals surface area contributed by atoms with E-state index >= 15 is 0 Å². The third kappa shape index (κ3) is 58.1. The van der Waals surface area contributed by atoms with E-state index in [9.17, 15) is 15.0 Å². The van der Waals surface area contributed by atoms with Crippen molar-refractivity contribution in [2.75, 3.05) is 6.61 Å². The largest absolute Gasteiger partial charge is 0.394 e. The highest BCUT2D eigenvalue weighted by Gasteiger charge is 2.18. The smallest absolute Gasteiger partial charge is 0.220 e. The first-order valence-corrected chi connectivity index (χ1v) is 31.0. The van der Waals surface area contributed by atoms with Gasteiger partial charge in [0.05, 0.1) is 18.8 Å². The van der Waals surface area contributed by atoms with Crippen molar-refractivity contribution in [3.05, 3.63) is 97.2 Å². The summed E-state index contributed by atoms with van der Waals surface area (Å²) in [5, 5.41) is 23.2. The van der Waals surface area contributed by atoms with Gasteiger partial charge in [-0.05, 0) is 77.0 Å². The summed E-state index contributed by atoms with van der Waals surface area (Å²) in [5.74, 6) is -0.0638. The summed E-state index contributed by atoms with van der Waals surface area (Å²) in [6.07, 6.45) is 91.6. The van der Waals surface area contributed by atoms with E-state index in [0.29, 0.717) is 6.42 Å². The summed E-state index contributed by atoms with van der Waals surface area (Å²) >= 11 is 0. The highest BCUT2D eigenvalue weighted by Crippen LogP contribution is 2.17. The first-order valence-electron chi connectivity index (χ1n) is 31.0. The van der Waals surface area contributed by atoms with Crippen LogP contribution in [0.1, 0.15) is 303 Å². The Kier molecular flexibility index (Phi) is 59.3. The lowest BCUT2D eigenvalue weighted by atomic mass is 10.0. The van der Waals surface area contributed by atoms with E-state index in [4.69, 9.17) is 0 Å². The summed E-state index contributed by atoms with van der Waals surface area (Å²) in [6, 6.07) is -0.628. The summed E-state index contributed by atoms with van der Waals surface area (Å²) in [4.78, 5) is 12.5. The van der Waals surface area contributed by atoms with Crippen LogP contribution >= 0.6 is 0 Å². The molecule has 0 fully saturated rings. The van der Waals surface area contributed by atoms with Gasteiger partial charge in [-0.25, -0.2) is 0 Å². The predicted octanol–water partition coefficient (Wildman–Crippen LogP) is 20.9. The van der Waals surface area contributed by atoms with Crippen molar-refractivity contribution in [3.8, 4) is 0 Å². The number of hydrogen-bond donors (Lipinski definition) is 3. The number of unbranched alkanes of at least 4 members (excludes halogenated alkanes) is 35. The number of aliphatic hydroxyl groups is 2. The van der Waals surface area contributed by atoms with Gasteiger partial charge in [-0.3, -0.25) is 4.79 Å². The molecule has 0 aliphatic carbocycles. The molecule has 0 radical (unpaired) electrons. The predicted molar refractivity (Wildman–Crippen MR) is 317 cm³/mol. The Labute approximate surface area is 443 Å². The Morgan fingerprint density at radius 2 is 0.620 bits per heavy atom. The molecule has 4 nitrogen and oxygen atoms in total. The molecular weight excluding hydrogens is 867 g/mol. The number of carbonyl (C=O) groups is 1. The Balaban J connectivity index is 3.51. The van der Waals surface area contributed by atoms with Crippen molar-refractivity contribution < 1.29 is 15.0 Å². The fourth-order valence-corrected chi connectivity index (χ4v) is 9.16. The second-order valence-electron chi connectivity index (χ2n) is 20.7. The molecular formula is C67H119NO3. The maximum Gasteiger partial charge on any atom is 0.220 e. The summed E-state index contributed by atoms with van der Waals surface area (Å²) in [6.45, 7) is 4.22. The molecule has 1 amide bonds. The number of rotatable bonds is 56. The van der Waals surface area contributed by atoms with Crippen molar-refractivity contribution in [1.82, 2.24) is 5.32 Å². The summed E-state index contributed by atoms with van der Waals surface area (Å²) < 4.78 is 0. The number of allylic oxidation sites excluding steroid dienone is 15. The van der Waals surface area contributed by atoms with Crippen LogP contribution in [-0.2, 0) is 4.79 Å². The number of hydrogen-bond acceptors (Lipinski definition) is 3. The minimum absolute atomic E-state index is 0.0638. The van der Waals surface area contributed by atoms with Gasteiger partial charge in [-0.15, -0.1) is 0 Å². The van der Waals surface area contributed by atoms with Crippen molar-refractivity contribution in [3.63, 3.8) is 0 Å². The van der Waals surface area contributed by atoms with Crippen LogP contribution in [0.5, 0.6) is 0 Å². The molecule has 3 N–H and O–H groups in total. The molecule has 0 aliphatic rings. The summed E-state index contributed by atoms with van der Waals surface area (Å²) in [5.41, 5.74) is 0. The maximum atomic E-state index is 12.5. The molecule has 0 rings (SSSR count). The zero-order chi connectivity index (χ0) is 51.3. The van der Waals surface area contributed by atoms with Gasteiger partial charge in [0.25, 0.3) is 0 Å². The molecule has 410 valence electrons. The Hall–Kier alpha value is -2.69. The third-order valence-electron chi connectivity index (χ3n) is 13.8. The molecule has 0 aromatic carbocycles. The number of nitrogens with one attached hydrogen (secondary N) is 1. The molecule has 2 atom stereocenters. The monoisotopic (exact) mass is 986 g/mol. The van der Waals surface area contributed by atoms with Crippen molar-refractivity contribution in [1.29, 1.82) is 0 Å². The van der Waals surface area contributed by atoms with E-state index in [-0.39, 0.29) is 12.5 Å². The van der Waals surface area contributed by atoms with E-state index in [1.165, 1.54) is 212 Å². The van der Waals surface area contributed by atoms with Gasteiger partial charge in [0.15, 0.2) is 0 Å². The molecule has 4 heteroatoms. The normalized spacial score (nSPS) is 13.5. The summed E-state index contributed by atoms with van der Waals surface area (Å²) in [7, 11) is 0.